The largest absolute Gasteiger partial charge is 0.506 e. The van der Waals surface area contributed by atoms with Gasteiger partial charge in [-0.2, -0.15) is 0 Å². The zero-order valence-electron chi connectivity index (χ0n) is 7.54. The van der Waals surface area contributed by atoms with Crippen LogP contribution in [0.4, 0.5) is 0 Å². The number of ether oxygens (including phenoxy) is 1. The second-order valence-electron chi connectivity index (χ2n) is 2.84. The molecule has 0 amide bonds. The normalized spacial score (nSPS) is 12.6. The van der Waals surface area contributed by atoms with Crippen molar-refractivity contribution in [2.24, 2.45) is 5.73 Å². The smallest absolute Gasteiger partial charge is 0.134 e. The Balaban J connectivity index is 3.25. The minimum Gasteiger partial charge on any atom is -0.506 e. The highest BCUT2D eigenvalue weighted by atomic mass is 79.9. The van der Waals surface area contributed by atoms with E-state index in [9.17, 15) is 5.11 Å². The van der Waals surface area contributed by atoms with Crippen LogP contribution in [0.2, 0.25) is 0 Å². The standard InChI is InChI=1S/C9H12BrNO2/c1-5(11)7-3-6(13-2)4-8(10)9(7)12/h3-5,12H,11H2,1-2H3/t5-/m0/s1. The second-order valence-corrected chi connectivity index (χ2v) is 3.69. The molecule has 1 aromatic rings. The zero-order chi connectivity index (χ0) is 10.0. The number of hydrogen-bond donors (Lipinski definition) is 2. The molecule has 1 aromatic carbocycles. The van der Waals surface area contributed by atoms with E-state index in [1.165, 1.54) is 0 Å². The zero-order valence-corrected chi connectivity index (χ0v) is 9.13. The van der Waals surface area contributed by atoms with Gasteiger partial charge in [0.1, 0.15) is 11.5 Å². The van der Waals surface area contributed by atoms with Crippen molar-refractivity contribution < 1.29 is 9.84 Å². The predicted molar refractivity (Wildman–Crippen MR) is 55.0 cm³/mol. The molecule has 1 rings (SSSR count). The van der Waals surface area contributed by atoms with Gasteiger partial charge in [0.15, 0.2) is 0 Å². The van der Waals surface area contributed by atoms with E-state index in [2.05, 4.69) is 15.9 Å². The molecule has 72 valence electrons. The lowest BCUT2D eigenvalue weighted by molar-refractivity contribution is 0.409. The molecule has 0 aliphatic rings. The molecule has 1 atom stereocenters. The molecule has 0 spiro atoms. The molecular weight excluding hydrogens is 234 g/mol. The Labute approximate surface area is 85.6 Å². The Kier molecular flexibility index (Phi) is 3.17. The van der Waals surface area contributed by atoms with Crippen LogP contribution in [0.15, 0.2) is 16.6 Å². The fraction of sp³-hybridized carbons (Fsp3) is 0.333. The molecule has 0 unspecified atom stereocenters. The number of hydrogen-bond acceptors (Lipinski definition) is 3. The number of rotatable bonds is 2. The third-order valence-corrected chi connectivity index (χ3v) is 2.40. The third kappa shape index (κ3) is 2.14. The van der Waals surface area contributed by atoms with E-state index >= 15 is 0 Å². The van der Waals surface area contributed by atoms with Gasteiger partial charge in [0.25, 0.3) is 0 Å². The number of aromatic hydroxyl groups is 1. The first-order valence-corrected chi connectivity index (χ1v) is 4.67. The van der Waals surface area contributed by atoms with Gasteiger partial charge >= 0.3 is 0 Å². The first kappa shape index (κ1) is 10.3. The summed E-state index contributed by atoms with van der Waals surface area (Å²) in [7, 11) is 1.57. The maximum atomic E-state index is 9.61. The van der Waals surface area contributed by atoms with Gasteiger partial charge in [-0.3, -0.25) is 0 Å². The fourth-order valence-electron chi connectivity index (χ4n) is 1.06. The molecule has 13 heavy (non-hydrogen) atoms. The van der Waals surface area contributed by atoms with Crippen LogP contribution in [0.3, 0.4) is 0 Å². The average Bonchev–Trinajstić information content (AvgIpc) is 2.09. The molecule has 4 heteroatoms. The van der Waals surface area contributed by atoms with Crippen LogP contribution in [0.25, 0.3) is 0 Å². The maximum Gasteiger partial charge on any atom is 0.134 e. The number of benzene rings is 1. The molecule has 3 N–H and O–H groups in total. The van der Waals surface area contributed by atoms with E-state index in [0.717, 1.165) is 0 Å². The van der Waals surface area contributed by atoms with Gasteiger partial charge < -0.3 is 15.6 Å². The lowest BCUT2D eigenvalue weighted by Gasteiger charge is -2.11. The van der Waals surface area contributed by atoms with Gasteiger partial charge in [0, 0.05) is 11.6 Å². The molecular formula is C9H12BrNO2. The summed E-state index contributed by atoms with van der Waals surface area (Å²) in [6.45, 7) is 1.81. The first-order chi connectivity index (χ1) is 6.06. The summed E-state index contributed by atoms with van der Waals surface area (Å²) in [6, 6.07) is 3.21. The lowest BCUT2D eigenvalue weighted by Crippen LogP contribution is -2.05. The van der Waals surface area contributed by atoms with E-state index in [1.807, 2.05) is 0 Å². The summed E-state index contributed by atoms with van der Waals surface area (Å²) in [6.07, 6.45) is 0. The van der Waals surface area contributed by atoms with E-state index < -0.39 is 0 Å². The lowest BCUT2D eigenvalue weighted by atomic mass is 10.1. The highest BCUT2D eigenvalue weighted by molar-refractivity contribution is 9.10. The van der Waals surface area contributed by atoms with Gasteiger partial charge in [-0.1, -0.05) is 0 Å². The quantitative estimate of drug-likeness (QED) is 0.840. The van der Waals surface area contributed by atoms with Gasteiger partial charge in [-0.25, -0.2) is 0 Å². The van der Waals surface area contributed by atoms with Crippen LogP contribution in [0.1, 0.15) is 18.5 Å². The topological polar surface area (TPSA) is 55.5 Å². The molecule has 0 aromatic heterocycles. The monoisotopic (exact) mass is 245 g/mol. The SMILES string of the molecule is COc1cc(Br)c(O)c([C@H](C)N)c1. The highest BCUT2D eigenvalue weighted by Gasteiger charge is 2.11. The van der Waals surface area contributed by atoms with Crippen molar-refractivity contribution in [3.63, 3.8) is 0 Å². The molecule has 0 bridgehead atoms. The number of nitrogens with two attached hydrogens (primary N) is 1. The summed E-state index contributed by atoms with van der Waals surface area (Å²) in [5, 5.41) is 9.61. The maximum absolute atomic E-state index is 9.61. The highest BCUT2D eigenvalue weighted by Crippen LogP contribution is 2.35. The van der Waals surface area contributed by atoms with Crippen molar-refractivity contribution >= 4 is 15.9 Å². The van der Waals surface area contributed by atoms with Crippen LogP contribution < -0.4 is 10.5 Å². The summed E-state index contributed by atoms with van der Waals surface area (Å²) in [5.41, 5.74) is 6.34. The van der Waals surface area contributed by atoms with Crippen molar-refractivity contribution in [1.29, 1.82) is 0 Å². The second kappa shape index (κ2) is 3.98. The fourth-order valence-corrected chi connectivity index (χ4v) is 1.51. The molecule has 0 radical (unpaired) electrons. The number of halogens is 1. The molecule has 0 aliphatic carbocycles. The molecule has 0 aliphatic heterocycles. The summed E-state index contributed by atoms with van der Waals surface area (Å²) >= 11 is 3.22. The van der Waals surface area contributed by atoms with Gasteiger partial charge in [-0.15, -0.1) is 0 Å². The number of phenols is 1. The van der Waals surface area contributed by atoms with E-state index in [4.69, 9.17) is 10.5 Å². The van der Waals surface area contributed by atoms with Crippen molar-refractivity contribution in [2.75, 3.05) is 7.11 Å². The van der Waals surface area contributed by atoms with Crippen LogP contribution in [-0.4, -0.2) is 12.2 Å². The minimum absolute atomic E-state index is 0.177. The predicted octanol–water partition coefficient (Wildman–Crippen LogP) is 2.18. The molecule has 0 saturated carbocycles. The van der Waals surface area contributed by atoms with Crippen LogP contribution in [-0.2, 0) is 0 Å². The Hall–Kier alpha value is -0.740. The Morgan fingerprint density at radius 2 is 2.15 bits per heavy atom. The Morgan fingerprint density at radius 1 is 1.54 bits per heavy atom. The average molecular weight is 246 g/mol. The van der Waals surface area contributed by atoms with Crippen LogP contribution >= 0.6 is 15.9 Å². The summed E-state index contributed by atoms with van der Waals surface area (Å²) < 4.78 is 5.64. The van der Waals surface area contributed by atoms with Crippen molar-refractivity contribution in [2.45, 2.75) is 13.0 Å². The van der Waals surface area contributed by atoms with Gasteiger partial charge in [-0.05, 0) is 35.0 Å². The van der Waals surface area contributed by atoms with Gasteiger partial charge in [0.05, 0.1) is 11.6 Å². The van der Waals surface area contributed by atoms with E-state index in [0.29, 0.717) is 15.8 Å². The Morgan fingerprint density at radius 3 is 2.62 bits per heavy atom. The third-order valence-electron chi connectivity index (χ3n) is 1.79. The number of phenolic OH excluding ortho intramolecular Hbond substituents is 1. The van der Waals surface area contributed by atoms with Crippen molar-refractivity contribution in [3.05, 3.63) is 22.2 Å². The van der Waals surface area contributed by atoms with Crippen LogP contribution in [0.5, 0.6) is 11.5 Å². The summed E-state index contributed by atoms with van der Waals surface area (Å²) in [4.78, 5) is 0. The first-order valence-electron chi connectivity index (χ1n) is 3.88. The molecule has 0 fully saturated rings. The molecule has 0 saturated heterocycles. The van der Waals surface area contributed by atoms with Gasteiger partial charge in [0.2, 0.25) is 0 Å². The van der Waals surface area contributed by atoms with Crippen molar-refractivity contribution in [3.8, 4) is 11.5 Å². The number of methoxy groups -OCH3 is 1. The molecule has 3 nitrogen and oxygen atoms in total. The van der Waals surface area contributed by atoms with Crippen LogP contribution in [0, 0.1) is 0 Å². The molecule has 0 heterocycles. The summed E-state index contributed by atoms with van der Waals surface area (Å²) in [5.74, 6) is 0.854. The van der Waals surface area contributed by atoms with Crippen molar-refractivity contribution in [1.82, 2.24) is 0 Å². The Bertz CT molecular complexity index is 313. The minimum atomic E-state index is -0.216. The van der Waals surface area contributed by atoms with E-state index in [1.54, 1.807) is 26.2 Å². The van der Waals surface area contributed by atoms with E-state index in [-0.39, 0.29) is 11.8 Å².